The van der Waals surface area contributed by atoms with Gasteiger partial charge in [-0.2, -0.15) is 0 Å². The molecule has 0 aliphatic heterocycles. The summed E-state index contributed by atoms with van der Waals surface area (Å²) in [5.41, 5.74) is -0.247. The Kier molecular flexibility index (Phi) is 5.30. The molecule has 1 amide bonds. The van der Waals surface area contributed by atoms with E-state index in [9.17, 15) is 20.0 Å². The fourth-order valence-corrected chi connectivity index (χ4v) is 3.05. The normalized spacial score (nSPS) is 12.1. The molecule has 8 heteroatoms. The van der Waals surface area contributed by atoms with Gasteiger partial charge in [-0.3, -0.25) is 14.9 Å². The number of carbonyl (C=O) groups is 1. The Morgan fingerprint density at radius 1 is 1.43 bits per heavy atom. The molecule has 1 aromatic heterocycles. The number of thiophene rings is 1. The van der Waals surface area contributed by atoms with Gasteiger partial charge in [0.2, 0.25) is 0 Å². The van der Waals surface area contributed by atoms with Gasteiger partial charge in [-0.25, -0.2) is 0 Å². The van der Waals surface area contributed by atoms with Crippen molar-refractivity contribution in [1.29, 1.82) is 0 Å². The molecule has 1 aromatic carbocycles. The molecule has 122 valence electrons. The molecule has 23 heavy (non-hydrogen) atoms. The van der Waals surface area contributed by atoms with Gasteiger partial charge in [-0.15, -0.1) is 11.3 Å². The number of aromatic hydroxyl groups is 1. The first kappa shape index (κ1) is 16.9. The van der Waals surface area contributed by atoms with Crippen LogP contribution < -0.4 is 5.32 Å². The third-order valence-electron chi connectivity index (χ3n) is 3.39. The highest BCUT2D eigenvalue weighted by atomic mass is 32.1. The van der Waals surface area contributed by atoms with E-state index in [4.69, 9.17) is 0 Å². The van der Waals surface area contributed by atoms with Crippen LogP contribution in [0.25, 0.3) is 0 Å². The van der Waals surface area contributed by atoms with Gasteiger partial charge < -0.3 is 15.3 Å². The van der Waals surface area contributed by atoms with Crippen LogP contribution in [0.5, 0.6) is 5.75 Å². The van der Waals surface area contributed by atoms with Crippen molar-refractivity contribution in [1.82, 2.24) is 10.2 Å². The number of nitrogens with zero attached hydrogens (tertiary/aromatic N) is 2. The smallest absolute Gasteiger partial charge is 0.310 e. The first-order chi connectivity index (χ1) is 10.9. The number of likely N-dealkylation sites (N-methyl/N-ethyl adjacent to an activating group) is 1. The van der Waals surface area contributed by atoms with Gasteiger partial charge in [-0.05, 0) is 37.7 Å². The number of phenolic OH excluding ortho intramolecular Hbond substituents is 1. The van der Waals surface area contributed by atoms with E-state index in [0.29, 0.717) is 6.54 Å². The second kappa shape index (κ2) is 7.21. The summed E-state index contributed by atoms with van der Waals surface area (Å²) < 4.78 is 0. The van der Waals surface area contributed by atoms with E-state index in [2.05, 4.69) is 5.32 Å². The van der Waals surface area contributed by atoms with E-state index in [0.717, 1.165) is 17.0 Å². The second-order valence-corrected chi connectivity index (χ2v) is 6.14. The Bertz CT molecular complexity index is 701. The summed E-state index contributed by atoms with van der Waals surface area (Å²) in [6, 6.07) is 7.52. The Labute approximate surface area is 137 Å². The fraction of sp³-hybridized carbons (Fsp3) is 0.267. The van der Waals surface area contributed by atoms with Crippen molar-refractivity contribution in [3.8, 4) is 5.75 Å². The SMILES string of the molecule is CN(C)C(CNC(=O)c1ccc([N+](=O)[O-])c(O)c1)c1cccs1. The molecule has 0 bridgehead atoms. The van der Waals surface area contributed by atoms with Crippen LogP contribution in [0, 0.1) is 10.1 Å². The van der Waals surface area contributed by atoms with Crippen molar-refractivity contribution >= 4 is 22.9 Å². The summed E-state index contributed by atoms with van der Waals surface area (Å²) in [5.74, 6) is -0.913. The highest BCUT2D eigenvalue weighted by Crippen LogP contribution is 2.26. The maximum Gasteiger partial charge on any atom is 0.310 e. The van der Waals surface area contributed by atoms with Crippen molar-refractivity contribution in [2.45, 2.75) is 6.04 Å². The predicted molar refractivity (Wildman–Crippen MR) is 87.8 cm³/mol. The van der Waals surface area contributed by atoms with Crippen LogP contribution in [-0.4, -0.2) is 41.5 Å². The maximum absolute atomic E-state index is 12.2. The lowest BCUT2D eigenvalue weighted by Gasteiger charge is -2.23. The van der Waals surface area contributed by atoms with E-state index in [1.54, 1.807) is 11.3 Å². The number of hydrogen-bond acceptors (Lipinski definition) is 6. The highest BCUT2D eigenvalue weighted by molar-refractivity contribution is 7.10. The molecule has 0 aliphatic carbocycles. The minimum Gasteiger partial charge on any atom is -0.502 e. The summed E-state index contributed by atoms with van der Waals surface area (Å²) >= 11 is 1.61. The second-order valence-electron chi connectivity index (χ2n) is 5.17. The molecule has 2 N–H and O–H groups in total. The van der Waals surface area contributed by atoms with Gasteiger partial charge in [0.05, 0.1) is 11.0 Å². The summed E-state index contributed by atoms with van der Waals surface area (Å²) in [4.78, 5) is 25.3. The van der Waals surface area contributed by atoms with E-state index in [1.165, 1.54) is 6.07 Å². The topological polar surface area (TPSA) is 95.7 Å². The first-order valence-electron chi connectivity index (χ1n) is 6.85. The number of rotatable bonds is 6. The molecule has 2 rings (SSSR count). The standard InChI is InChI=1S/C15H17N3O4S/c1-17(2)12(14-4-3-7-23-14)9-16-15(20)10-5-6-11(18(21)22)13(19)8-10/h3-8,12,19H,9H2,1-2H3,(H,16,20). The van der Waals surface area contributed by atoms with Crippen LogP contribution in [0.2, 0.25) is 0 Å². The number of nitrogens with one attached hydrogen (secondary N) is 1. The number of nitro groups is 1. The maximum atomic E-state index is 12.2. The van der Waals surface area contributed by atoms with Crippen molar-refractivity contribution in [2.75, 3.05) is 20.6 Å². The van der Waals surface area contributed by atoms with Gasteiger partial charge in [0, 0.05) is 23.1 Å². The molecule has 2 aromatic rings. The molecule has 0 radical (unpaired) electrons. The molecule has 1 atom stereocenters. The lowest BCUT2D eigenvalue weighted by molar-refractivity contribution is -0.385. The molecule has 1 unspecified atom stereocenters. The molecule has 0 fully saturated rings. The van der Waals surface area contributed by atoms with Crippen LogP contribution >= 0.6 is 11.3 Å². The molecule has 7 nitrogen and oxygen atoms in total. The quantitative estimate of drug-likeness (QED) is 0.624. The third-order valence-corrected chi connectivity index (χ3v) is 4.36. The summed E-state index contributed by atoms with van der Waals surface area (Å²) in [5, 5.41) is 25.0. The number of carbonyl (C=O) groups excluding carboxylic acids is 1. The summed E-state index contributed by atoms with van der Waals surface area (Å²) in [6.45, 7) is 0.393. The Balaban J connectivity index is 2.07. The number of hydrogen-bond donors (Lipinski definition) is 2. The van der Waals surface area contributed by atoms with E-state index in [-0.39, 0.29) is 11.6 Å². The average molecular weight is 335 g/mol. The van der Waals surface area contributed by atoms with Gasteiger partial charge in [-0.1, -0.05) is 6.07 Å². The highest BCUT2D eigenvalue weighted by Gasteiger charge is 2.19. The molecular weight excluding hydrogens is 318 g/mol. The summed E-state index contributed by atoms with van der Waals surface area (Å²) in [7, 11) is 3.85. The zero-order valence-corrected chi connectivity index (χ0v) is 13.5. The van der Waals surface area contributed by atoms with Gasteiger partial charge in [0.1, 0.15) is 0 Å². The number of benzene rings is 1. The van der Waals surface area contributed by atoms with E-state index >= 15 is 0 Å². The van der Waals surface area contributed by atoms with Gasteiger partial charge in [0.25, 0.3) is 5.91 Å². The van der Waals surface area contributed by atoms with Crippen molar-refractivity contribution < 1.29 is 14.8 Å². The van der Waals surface area contributed by atoms with E-state index < -0.39 is 22.3 Å². The van der Waals surface area contributed by atoms with Gasteiger partial charge >= 0.3 is 5.69 Å². The molecule has 0 aliphatic rings. The lowest BCUT2D eigenvalue weighted by atomic mass is 10.1. The average Bonchev–Trinajstić information content (AvgIpc) is 3.00. The minimum atomic E-state index is -0.699. The van der Waals surface area contributed by atoms with Crippen LogP contribution in [0.4, 0.5) is 5.69 Å². The van der Waals surface area contributed by atoms with Crippen molar-refractivity contribution in [2.24, 2.45) is 0 Å². The Morgan fingerprint density at radius 3 is 2.70 bits per heavy atom. The molecule has 0 saturated carbocycles. The number of amides is 1. The monoisotopic (exact) mass is 335 g/mol. The molecule has 1 heterocycles. The number of nitro benzene ring substituents is 1. The lowest BCUT2D eigenvalue weighted by Crippen LogP contribution is -2.34. The zero-order valence-electron chi connectivity index (χ0n) is 12.7. The zero-order chi connectivity index (χ0) is 17.0. The Hall–Kier alpha value is -2.45. The van der Waals surface area contributed by atoms with Crippen LogP contribution in [-0.2, 0) is 0 Å². The van der Waals surface area contributed by atoms with Crippen LogP contribution in [0.15, 0.2) is 35.7 Å². The fourth-order valence-electron chi connectivity index (χ4n) is 2.13. The van der Waals surface area contributed by atoms with Crippen LogP contribution in [0.3, 0.4) is 0 Å². The summed E-state index contributed by atoms with van der Waals surface area (Å²) in [6.07, 6.45) is 0. The molecule has 0 spiro atoms. The number of phenols is 1. The third kappa shape index (κ3) is 4.05. The predicted octanol–water partition coefficient (Wildman–Crippen LogP) is 2.39. The molecular formula is C15H17N3O4S. The van der Waals surface area contributed by atoms with Crippen molar-refractivity contribution in [3.05, 3.63) is 56.3 Å². The Morgan fingerprint density at radius 2 is 2.17 bits per heavy atom. The van der Waals surface area contributed by atoms with E-state index in [1.807, 2.05) is 36.5 Å². The minimum absolute atomic E-state index is 0.0330. The van der Waals surface area contributed by atoms with Crippen LogP contribution in [0.1, 0.15) is 21.3 Å². The molecule has 0 saturated heterocycles. The largest absolute Gasteiger partial charge is 0.502 e. The first-order valence-corrected chi connectivity index (χ1v) is 7.73. The van der Waals surface area contributed by atoms with Crippen molar-refractivity contribution in [3.63, 3.8) is 0 Å². The van der Waals surface area contributed by atoms with Gasteiger partial charge in [0.15, 0.2) is 5.75 Å².